The van der Waals surface area contributed by atoms with Crippen LogP contribution in [0.15, 0.2) is 30.9 Å². The van der Waals surface area contributed by atoms with Crippen LogP contribution in [0.4, 0.5) is 5.82 Å². The molecule has 2 aromatic rings. The fraction of sp³-hybridized carbons (Fsp3) is 0.444. The van der Waals surface area contributed by atoms with Crippen LogP contribution >= 0.6 is 0 Å². The minimum atomic E-state index is 0.0537. The zero-order valence-corrected chi connectivity index (χ0v) is 14.1. The summed E-state index contributed by atoms with van der Waals surface area (Å²) in [6, 6.07) is 5.67. The van der Waals surface area contributed by atoms with Crippen LogP contribution in [0.5, 0.6) is 0 Å². The molecule has 1 amide bonds. The van der Waals surface area contributed by atoms with Crippen molar-refractivity contribution in [3.63, 3.8) is 0 Å². The molecule has 1 saturated heterocycles. The van der Waals surface area contributed by atoms with Gasteiger partial charge < -0.3 is 14.8 Å². The first-order valence-corrected chi connectivity index (χ1v) is 8.53. The lowest BCUT2D eigenvalue weighted by Crippen LogP contribution is -2.32. The van der Waals surface area contributed by atoms with Crippen molar-refractivity contribution in [3.8, 4) is 6.07 Å². The van der Waals surface area contributed by atoms with Crippen molar-refractivity contribution in [1.82, 2.24) is 19.4 Å². The van der Waals surface area contributed by atoms with E-state index in [2.05, 4.69) is 21.4 Å². The summed E-state index contributed by atoms with van der Waals surface area (Å²) in [6.45, 7) is 1.33. The van der Waals surface area contributed by atoms with E-state index in [1.807, 2.05) is 22.7 Å². The maximum atomic E-state index is 12.5. The Morgan fingerprint density at radius 1 is 1.32 bits per heavy atom. The van der Waals surface area contributed by atoms with Gasteiger partial charge in [0.2, 0.25) is 5.91 Å². The van der Waals surface area contributed by atoms with Crippen molar-refractivity contribution in [2.24, 2.45) is 13.0 Å². The molecule has 2 aromatic heterocycles. The van der Waals surface area contributed by atoms with Gasteiger partial charge in [-0.15, -0.1) is 0 Å². The van der Waals surface area contributed by atoms with Gasteiger partial charge >= 0.3 is 0 Å². The molecule has 7 nitrogen and oxygen atoms in total. The van der Waals surface area contributed by atoms with Crippen LogP contribution in [0.3, 0.4) is 0 Å². The van der Waals surface area contributed by atoms with E-state index in [0.717, 1.165) is 18.5 Å². The molecule has 1 aliphatic carbocycles. The fourth-order valence-corrected chi connectivity index (χ4v) is 3.38. The molecule has 0 bridgehead atoms. The first kappa shape index (κ1) is 15.6. The largest absolute Gasteiger partial charge is 0.365 e. The number of aromatic nitrogens is 3. The maximum Gasteiger partial charge on any atom is 0.225 e. The molecule has 2 atom stereocenters. The van der Waals surface area contributed by atoms with Crippen LogP contribution in [-0.4, -0.2) is 44.5 Å². The van der Waals surface area contributed by atoms with Crippen LogP contribution in [0, 0.1) is 17.2 Å². The Bertz CT molecular complexity index is 817. The molecule has 7 heteroatoms. The lowest BCUT2D eigenvalue weighted by molar-refractivity contribution is -0.131. The average Bonchev–Trinajstić information content (AvgIpc) is 3.26. The van der Waals surface area contributed by atoms with Gasteiger partial charge in [0.15, 0.2) is 0 Å². The lowest BCUT2D eigenvalue weighted by Gasteiger charge is -2.18. The number of pyridine rings is 1. The average molecular weight is 336 g/mol. The number of likely N-dealkylation sites (tertiary alicyclic amines) is 1. The number of rotatable bonds is 4. The maximum absolute atomic E-state index is 12.5. The molecule has 1 saturated carbocycles. The Hall–Kier alpha value is -2.88. The minimum Gasteiger partial charge on any atom is -0.365 e. The topological polar surface area (TPSA) is 86.8 Å². The summed E-state index contributed by atoms with van der Waals surface area (Å²) in [5.74, 6) is 1.32. The monoisotopic (exact) mass is 336 g/mol. The molecular formula is C18H20N6O. The van der Waals surface area contributed by atoms with Gasteiger partial charge in [0.05, 0.1) is 23.6 Å². The lowest BCUT2D eigenvalue weighted by atomic mass is 10.0. The summed E-state index contributed by atoms with van der Waals surface area (Å²) in [5, 5.41) is 12.3. The third-order valence-electron chi connectivity index (χ3n) is 4.89. The molecule has 25 heavy (non-hydrogen) atoms. The zero-order chi connectivity index (χ0) is 17.4. The van der Waals surface area contributed by atoms with E-state index >= 15 is 0 Å². The quantitative estimate of drug-likeness (QED) is 0.914. The third-order valence-corrected chi connectivity index (χ3v) is 4.89. The molecule has 2 fully saturated rings. The summed E-state index contributed by atoms with van der Waals surface area (Å²) in [5.41, 5.74) is 1.52. The van der Waals surface area contributed by atoms with Gasteiger partial charge in [0.1, 0.15) is 11.9 Å². The third kappa shape index (κ3) is 3.20. The van der Waals surface area contributed by atoms with Crippen molar-refractivity contribution in [2.45, 2.75) is 24.8 Å². The molecule has 4 rings (SSSR count). The highest BCUT2D eigenvalue weighted by Crippen LogP contribution is 2.35. The second kappa shape index (κ2) is 6.20. The molecule has 0 aromatic carbocycles. The van der Waals surface area contributed by atoms with Crippen molar-refractivity contribution >= 4 is 11.7 Å². The van der Waals surface area contributed by atoms with Crippen LogP contribution in [0.25, 0.3) is 0 Å². The predicted octanol–water partition coefficient (Wildman–Crippen LogP) is 1.50. The van der Waals surface area contributed by atoms with Crippen molar-refractivity contribution in [1.29, 1.82) is 5.26 Å². The Morgan fingerprint density at radius 3 is 2.76 bits per heavy atom. The highest BCUT2D eigenvalue weighted by molar-refractivity contribution is 5.81. The SMILES string of the molecule is Cn1cnc([C@@H]2CN(C(=O)C3CC3)C[C@H]2Nc2ccc(C#N)cn2)c1. The normalized spacial score (nSPS) is 22.6. The number of carbonyl (C=O) groups excluding carboxylic acids is 1. The van der Waals surface area contributed by atoms with E-state index < -0.39 is 0 Å². The second-order valence-corrected chi connectivity index (χ2v) is 6.88. The van der Waals surface area contributed by atoms with E-state index in [-0.39, 0.29) is 23.8 Å². The minimum absolute atomic E-state index is 0.0537. The van der Waals surface area contributed by atoms with Crippen molar-refractivity contribution in [3.05, 3.63) is 42.1 Å². The summed E-state index contributed by atoms with van der Waals surface area (Å²) < 4.78 is 1.93. The number of nitrogens with zero attached hydrogens (tertiary/aromatic N) is 5. The first-order valence-electron chi connectivity index (χ1n) is 8.53. The number of nitrogens with one attached hydrogen (secondary N) is 1. The van der Waals surface area contributed by atoms with Gasteiger partial charge in [0.25, 0.3) is 0 Å². The molecule has 2 aliphatic rings. The number of amides is 1. The second-order valence-electron chi connectivity index (χ2n) is 6.88. The Kier molecular flexibility index (Phi) is 3.88. The number of anilines is 1. The van der Waals surface area contributed by atoms with E-state index in [4.69, 9.17) is 5.26 Å². The summed E-state index contributed by atoms with van der Waals surface area (Å²) in [6.07, 6.45) is 7.38. The molecular weight excluding hydrogens is 316 g/mol. The molecule has 3 heterocycles. The van der Waals surface area contributed by atoms with Crippen molar-refractivity contribution in [2.75, 3.05) is 18.4 Å². The van der Waals surface area contributed by atoms with Crippen LogP contribution in [0.2, 0.25) is 0 Å². The number of hydrogen-bond acceptors (Lipinski definition) is 5. The number of nitriles is 1. The highest BCUT2D eigenvalue weighted by Gasteiger charge is 2.42. The van der Waals surface area contributed by atoms with Gasteiger partial charge in [-0.3, -0.25) is 4.79 Å². The molecule has 1 N–H and O–H groups in total. The van der Waals surface area contributed by atoms with Crippen LogP contribution in [-0.2, 0) is 11.8 Å². The van der Waals surface area contributed by atoms with E-state index in [1.165, 1.54) is 0 Å². The van der Waals surface area contributed by atoms with E-state index in [0.29, 0.717) is 24.5 Å². The van der Waals surface area contributed by atoms with Gasteiger partial charge in [-0.2, -0.15) is 5.26 Å². The summed E-state index contributed by atoms with van der Waals surface area (Å²) in [4.78, 5) is 23.2. The fourth-order valence-electron chi connectivity index (χ4n) is 3.38. The summed E-state index contributed by atoms with van der Waals surface area (Å²) in [7, 11) is 1.95. The molecule has 0 radical (unpaired) electrons. The molecule has 0 spiro atoms. The number of hydrogen-bond donors (Lipinski definition) is 1. The Balaban J connectivity index is 1.55. The smallest absolute Gasteiger partial charge is 0.225 e. The predicted molar refractivity (Wildman–Crippen MR) is 91.6 cm³/mol. The van der Waals surface area contributed by atoms with Crippen molar-refractivity contribution < 1.29 is 4.79 Å². The Labute approximate surface area is 146 Å². The van der Waals surface area contributed by atoms with E-state index in [1.54, 1.807) is 24.7 Å². The molecule has 0 unspecified atom stereocenters. The Morgan fingerprint density at radius 2 is 2.16 bits per heavy atom. The van der Waals surface area contributed by atoms with Gasteiger partial charge in [-0.25, -0.2) is 9.97 Å². The van der Waals surface area contributed by atoms with Crippen LogP contribution < -0.4 is 5.32 Å². The van der Waals surface area contributed by atoms with Gasteiger partial charge in [-0.05, 0) is 25.0 Å². The zero-order valence-electron chi connectivity index (χ0n) is 14.1. The van der Waals surface area contributed by atoms with E-state index in [9.17, 15) is 4.79 Å². The van der Waals surface area contributed by atoms with Gasteiger partial charge in [0, 0.05) is 44.4 Å². The highest BCUT2D eigenvalue weighted by atomic mass is 16.2. The van der Waals surface area contributed by atoms with Gasteiger partial charge in [-0.1, -0.05) is 0 Å². The molecule has 1 aliphatic heterocycles. The standard InChI is InChI=1S/C18H20N6O/c1-23-9-15(21-11-23)14-8-24(18(25)13-3-4-13)10-16(14)22-17-5-2-12(6-19)7-20-17/h2,5,7,9,11,13-14,16H,3-4,8,10H2,1H3,(H,20,22)/t14-,16+/m0/s1. The molecule has 128 valence electrons. The van der Waals surface area contributed by atoms with Crippen LogP contribution in [0.1, 0.15) is 30.0 Å². The number of aryl methyl sites for hydroxylation is 1. The summed E-state index contributed by atoms with van der Waals surface area (Å²) >= 11 is 0. The number of imidazole rings is 1. The first-order chi connectivity index (χ1) is 12.1. The number of carbonyl (C=O) groups is 1.